The average molecular weight is 240 g/mol. The molecule has 17 heavy (non-hydrogen) atoms. The zero-order valence-electron chi connectivity index (χ0n) is 12.6. The molecule has 0 aliphatic carbocycles. The van der Waals surface area contributed by atoms with Gasteiger partial charge in [0.15, 0.2) is 0 Å². The summed E-state index contributed by atoms with van der Waals surface area (Å²) in [5.74, 6) is 0.785. The predicted octanol–water partition coefficient (Wildman–Crippen LogP) is 5.19. The topological polar surface area (TPSA) is 12.5 Å². The van der Waals surface area contributed by atoms with Crippen LogP contribution in [0.2, 0.25) is 0 Å². The van der Waals surface area contributed by atoms with E-state index in [-0.39, 0.29) is 0 Å². The number of ether oxygens (including phenoxy) is 1. The Kier molecular flexibility index (Phi) is 5.99. The van der Waals surface area contributed by atoms with Crippen molar-refractivity contribution >= 4 is 0 Å². The first kappa shape index (κ1) is 15.0. The largest absolute Gasteiger partial charge is 0.369 e. The van der Waals surface area contributed by atoms with Crippen molar-refractivity contribution < 1.29 is 4.74 Å². The molecule has 0 aromatic heterocycles. The summed E-state index contributed by atoms with van der Waals surface area (Å²) in [5, 5.41) is 0. The van der Waals surface area contributed by atoms with Gasteiger partial charge in [-0.1, -0.05) is 60.3 Å². The first-order valence-electron chi connectivity index (χ1n) is 7.69. The first-order chi connectivity index (χ1) is 8.03. The van der Waals surface area contributed by atoms with Gasteiger partial charge in [-0.05, 0) is 30.6 Å². The van der Waals surface area contributed by atoms with Gasteiger partial charge in [-0.25, -0.2) is 0 Å². The van der Waals surface area contributed by atoms with E-state index < -0.39 is 0 Å². The standard InChI is InChI=1S/C16H32O/c1-6-8-9-11-16(5,12-13(3)4)15-14(17-15)10-7-2/h13-15H,6-12H2,1-5H3. The molecule has 1 rings (SSSR count). The van der Waals surface area contributed by atoms with Gasteiger partial charge in [0.2, 0.25) is 0 Å². The first-order valence-corrected chi connectivity index (χ1v) is 7.69. The van der Waals surface area contributed by atoms with Crippen molar-refractivity contribution in [3.05, 3.63) is 0 Å². The Balaban J connectivity index is 2.47. The summed E-state index contributed by atoms with van der Waals surface area (Å²) in [7, 11) is 0. The van der Waals surface area contributed by atoms with Crippen LogP contribution in [0.15, 0.2) is 0 Å². The molecule has 1 aliphatic rings. The Bertz CT molecular complexity index is 212. The van der Waals surface area contributed by atoms with Crippen molar-refractivity contribution in [2.24, 2.45) is 11.3 Å². The third-order valence-electron chi connectivity index (χ3n) is 4.07. The Hall–Kier alpha value is -0.0400. The molecule has 3 atom stereocenters. The summed E-state index contributed by atoms with van der Waals surface area (Å²) in [6.45, 7) is 11.7. The average Bonchev–Trinajstić information content (AvgIpc) is 2.98. The second-order valence-corrected chi connectivity index (χ2v) is 6.59. The van der Waals surface area contributed by atoms with Crippen molar-refractivity contribution in [2.75, 3.05) is 0 Å². The van der Waals surface area contributed by atoms with Crippen LogP contribution in [-0.2, 0) is 4.74 Å². The molecule has 1 aliphatic heterocycles. The number of hydrogen-bond donors (Lipinski definition) is 0. The van der Waals surface area contributed by atoms with Crippen LogP contribution in [0.4, 0.5) is 0 Å². The van der Waals surface area contributed by atoms with Crippen molar-refractivity contribution in [2.45, 2.75) is 91.8 Å². The van der Waals surface area contributed by atoms with Gasteiger partial charge in [-0.15, -0.1) is 0 Å². The molecule has 0 aromatic carbocycles. The van der Waals surface area contributed by atoms with E-state index in [9.17, 15) is 0 Å². The van der Waals surface area contributed by atoms with E-state index in [0.29, 0.717) is 17.6 Å². The zero-order valence-corrected chi connectivity index (χ0v) is 12.6. The molecule has 0 saturated carbocycles. The third-order valence-corrected chi connectivity index (χ3v) is 4.07. The van der Waals surface area contributed by atoms with E-state index in [4.69, 9.17) is 4.74 Å². The molecule has 0 aromatic rings. The molecule has 0 bridgehead atoms. The molecule has 1 saturated heterocycles. The molecular formula is C16H32O. The van der Waals surface area contributed by atoms with Gasteiger partial charge in [0.1, 0.15) is 0 Å². The predicted molar refractivity (Wildman–Crippen MR) is 75.3 cm³/mol. The Labute approximate surface area is 108 Å². The summed E-state index contributed by atoms with van der Waals surface area (Å²) in [6.07, 6.45) is 10.4. The highest BCUT2D eigenvalue weighted by Crippen LogP contribution is 2.47. The maximum Gasteiger partial charge on any atom is 0.0895 e. The summed E-state index contributed by atoms with van der Waals surface area (Å²) in [6, 6.07) is 0. The Morgan fingerprint density at radius 2 is 1.82 bits per heavy atom. The van der Waals surface area contributed by atoms with E-state index in [1.165, 1.54) is 44.9 Å². The van der Waals surface area contributed by atoms with Gasteiger partial charge < -0.3 is 4.74 Å². The summed E-state index contributed by atoms with van der Waals surface area (Å²) in [5.41, 5.74) is 0.434. The van der Waals surface area contributed by atoms with Gasteiger partial charge in [-0.2, -0.15) is 0 Å². The highest BCUT2D eigenvalue weighted by Gasteiger charge is 2.50. The van der Waals surface area contributed by atoms with Gasteiger partial charge in [0.25, 0.3) is 0 Å². The summed E-state index contributed by atoms with van der Waals surface area (Å²) < 4.78 is 5.95. The van der Waals surface area contributed by atoms with Crippen LogP contribution in [-0.4, -0.2) is 12.2 Å². The number of unbranched alkanes of at least 4 members (excludes halogenated alkanes) is 2. The van der Waals surface area contributed by atoms with Crippen LogP contribution in [0, 0.1) is 11.3 Å². The van der Waals surface area contributed by atoms with Gasteiger partial charge in [0.05, 0.1) is 12.2 Å². The number of rotatable bonds is 9. The van der Waals surface area contributed by atoms with Crippen LogP contribution in [0.25, 0.3) is 0 Å². The third kappa shape index (κ3) is 4.62. The summed E-state index contributed by atoms with van der Waals surface area (Å²) in [4.78, 5) is 0. The van der Waals surface area contributed by atoms with Crippen LogP contribution in [0.1, 0.15) is 79.6 Å². The molecule has 0 radical (unpaired) electrons. The van der Waals surface area contributed by atoms with Crippen molar-refractivity contribution in [3.8, 4) is 0 Å². The highest BCUT2D eigenvalue weighted by molar-refractivity contribution is 4.98. The van der Waals surface area contributed by atoms with E-state index in [2.05, 4.69) is 34.6 Å². The second kappa shape index (κ2) is 6.78. The van der Waals surface area contributed by atoms with Gasteiger partial charge >= 0.3 is 0 Å². The lowest BCUT2D eigenvalue weighted by Crippen LogP contribution is -2.27. The van der Waals surface area contributed by atoms with E-state index >= 15 is 0 Å². The molecule has 1 fully saturated rings. The molecule has 0 spiro atoms. The lowest BCUT2D eigenvalue weighted by atomic mass is 9.74. The van der Waals surface area contributed by atoms with E-state index in [1.807, 2.05) is 0 Å². The van der Waals surface area contributed by atoms with Crippen molar-refractivity contribution in [1.29, 1.82) is 0 Å². The molecule has 1 nitrogen and oxygen atoms in total. The fourth-order valence-electron chi connectivity index (χ4n) is 3.33. The monoisotopic (exact) mass is 240 g/mol. The normalized spacial score (nSPS) is 27.2. The van der Waals surface area contributed by atoms with Crippen LogP contribution in [0.5, 0.6) is 0 Å². The van der Waals surface area contributed by atoms with Crippen molar-refractivity contribution in [3.63, 3.8) is 0 Å². The molecule has 1 heterocycles. The van der Waals surface area contributed by atoms with Gasteiger partial charge in [0, 0.05) is 0 Å². The number of hydrogen-bond acceptors (Lipinski definition) is 1. The SMILES string of the molecule is CCCCCC(C)(CC(C)C)C1OC1CCC. The highest BCUT2D eigenvalue weighted by atomic mass is 16.6. The minimum atomic E-state index is 0.434. The van der Waals surface area contributed by atoms with Gasteiger partial charge in [-0.3, -0.25) is 0 Å². The lowest BCUT2D eigenvalue weighted by molar-refractivity contribution is 0.162. The minimum Gasteiger partial charge on any atom is -0.369 e. The molecular weight excluding hydrogens is 208 g/mol. The Morgan fingerprint density at radius 3 is 2.35 bits per heavy atom. The van der Waals surface area contributed by atoms with E-state index in [1.54, 1.807) is 0 Å². The smallest absolute Gasteiger partial charge is 0.0895 e. The fourth-order valence-corrected chi connectivity index (χ4v) is 3.33. The molecule has 3 unspecified atom stereocenters. The Morgan fingerprint density at radius 1 is 1.12 bits per heavy atom. The quantitative estimate of drug-likeness (QED) is 0.399. The van der Waals surface area contributed by atoms with Crippen LogP contribution < -0.4 is 0 Å². The zero-order chi connectivity index (χ0) is 12.9. The van der Waals surface area contributed by atoms with Crippen LogP contribution >= 0.6 is 0 Å². The number of epoxide rings is 1. The second-order valence-electron chi connectivity index (χ2n) is 6.59. The molecule has 0 N–H and O–H groups in total. The van der Waals surface area contributed by atoms with Crippen molar-refractivity contribution in [1.82, 2.24) is 0 Å². The fraction of sp³-hybridized carbons (Fsp3) is 1.00. The molecule has 1 heteroatoms. The summed E-state index contributed by atoms with van der Waals surface area (Å²) >= 11 is 0. The van der Waals surface area contributed by atoms with E-state index in [0.717, 1.165) is 5.92 Å². The molecule has 0 amide bonds. The van der Waals surface area contributed by atoms with Crippen LogP contribution in [0.3, 0.4) is 0 Å². The maximum absolute atomic E-state index is 5.95. The minimum absolute atomic E-state index is 0.434. The maximum atomic E-state index is 5.95. The molecule has 102 valence electrons. The lowest BCUT2D eigenvalue weighted by Gasteiger charge is -2.30.